The fraction of sp³-hybridized carbons (Fsp3) is 0.176. The van der Waals surface area contributed by atoms with Crippen LogP contribution in [0.4, 0.5) is 40.7 Å². The summed E-state index contributed by atoms with van der Waals surface area (Å²) in [7, 11) is 0. The Morgan fingerprint density at radius 2 is 1.57 bits per heavy atom. The van der Waals surface area contributed by atoms with Crippen LogP contribution < -0.4 is 21.3 Å². The number of hydrogen-bond donors (Lipinski definition) is 4. The fourth-order valence-electron chi connectivity index (χ4n) is 5.34. The van der Waals surface area contributed by atoms with Crippen LogP contribution in [-0.4, -0.2) is 33.0 Å². The summed E-state index contributed by atoms with van der Waals surface area (Å²) in [6, 6.07) is 16.8. The van der Waals surface area contributed by atoms with E-state index in [1.54, 1.807) is 60.8 Å². The van der Waals surface area contributed by atoms with Gasteiger partial charge in [-0.2, -0.15) is 18.2 Å². The van der Waals surface area contributed by atoms with E-state index in [-0.39, 0.29) is 45.6 Å². The number of rotatable bonds is 8. The van der Waals surface area contributed by atoms with Gasteiger partial charge in [0.2, 0.25) is 11.7 Å². The number of nitrogens with zero attached hydrogens (tertiary/aromatic N) is 3. The van der Waals surface area contributed by atoms with Crippen LogP contribution in [0.25, 0.3) is 22.8 Å². The number of halogens is 4. The number of anilines is 4. The Bertz CT molecular complexity index is 2010. The van der Waals surface area contributed by atoms with Gasteiger partial charge in [0.25, 0.3) is 11.8 Å². The average Bonchev–Trinajstić information content (AvgIpc) is 3.79. The minimum atomic E-state index is -4.77. The molecule has 3 aromatic carbocycles. The van der Waals surface area contributed by atoms with Crippen LogP contribution >= 0.6 is 11.6 Å². The number of pyridine rings is 1. The molecule has 0 saturated heterocycles. The molecule has 2 aromatic heterocycles. The van der Waals surface area contributed by atoms with E-state index in [4.69, 9.17) is 16.1 Å². The topological polar surface area (TPSA) is 151 Å². The van der Waals surface area contributed by atoms with Gasteiger partial charge in [-0.25, -0.2) is 4.79 Å². The van der Waals surface area contributed by atoms with Crippen molar-refractivity contribution in [2.75, 3.05) is 21.3 Å². The van der Waals surface area contributed by atoms with Crippen molar-refractivity contribution in [3.8, 4) is 22.8 Å². The van der Waals surface area contributed by atoms with Crippen LogP contribution in [0.1, 0.15) is 41.6 Å². The maximum Gasteiger partial charge on any atom is 0.418 e. The molecule has 1 aliphatic carbocycles. The van der Waals surface area contributed by atoms with E-state index in [0.29, 0.717) is 35.2 Å². The van der Waals surface area contributed by atoms with Crippen molar-refractivity contribution in [1.82, 2.24) is 15.1 Å². The van der Waals surface area contributed by atoms with Crippen molar-refractivity contribution in [3.63, 3.8) is 0 Å². The Kier molecular flexibility index (Phi) is 9.58. The van der Waals surface area contributed by atoms with Gasteiger partial charge in [0.05, 0.1) is 21.8 Å². The molecule has 0 spiro atoms. The molecule has 0 unspecified atom stereocenters. The van der Waals surface area contributed by atoms with Crippen LogP contribution in [0.5, 0.6) is 0 Å². The molecule has 0 radical (unpaired) electrons. The molecule has 1 fully saturated rings. The molecule has 4 amide bonds. The fourth-order valence-corrected chi connectivity index (χ4v) is 5.60. The van der Waals surface area contributed by atoms with Crippen molar-refractivity contribution in [2.45, 2.75) is 31.9 Å². The Balaban J connectivity index is 1.11. The number of benzene rings is 3. The van der Waals surface area contributed by atoms with E-state index in [1.807, 2.05) is 0 Å². The summed E-state index contributed by atoms with van der Waals surface area (Å²) < 4.78 is 47.1. The zero-order valence-corrected chi connectivity index (χ0v) is 26.2. The summed E-state index contributed by atoms with van der Waals surface area (Å²) >= 11 is 6.47. The lowest BCUT2D eigenvalue weighted by Crippen LogP contribution is -2.23. The van der Waals surface area contributed by atoms with E-state index < -0.39 is 23.7 Å². The molecule has 49 heavy (non-hydrogen) atoms. The molecule has 1 saturated carbocycles. The van der Waals surface area contributed by atoms with Gasteiger partial charge < -0.3 is 25.8 Å². The van der Waals surface area contributed by atoms with Gasteiger partial charge in [-0.15, -0.1) is 0 Å². The molecule has 11 nitrogen and oxygen atoms in total. The smallest absolute Gasteiger partial charge is 0.334 e. The van der Waals surface area contributed by atoms with Gasteiger partial charge in [0, 0.05) is 46.5 Å². The van der Waals surface area contributed by atoms with E-state index >= 15 is 0 Å². The average molecular weight is 690 g/mol. The summed E-state index contributed by atoms with van der Waals surface area (Å²) in [6.45, 7) is 0. The second-order valence-corrected chi connectivity index (χ2v) is 11.6. The van der Waals surface area contributed by atoms with E-state index in [9.17, 15) is 27.6 Å². The lowest BCUT2D eigenvalue weighted by atomic mass is 10.1. The molecule has 0 aliphatic heterocycles. The van der Waals surface area contributed by atoms with Crippen LogP contribution in [0.15, 0.2) is 89.7 Å². The van der Waals surface area contributed by atoms with E-state index in [2.05, 4.69) is 36.4 Å². The SMILES string of the molecule is O=C(Nc1cccc(-c2nc(-c3ccc(NC(=O)c4cccnc4)cc3Cl)no2)c1)Nc1ccc(NC(=O)C2CCCC2)c(C(F)(F)F)c1. The number of alkyl halides is 3. The monoisotopic (exact) mass is 689 g/mol. The Hall–Kier alpha value is -5.76. The number of carbonyl (C=O) groups is 3. The molecule has 5 aromatic rings. The van der Waals surface area contributed by atoms with Gasteiger partial charge in [0.1, 0.15) is 0 Å². The molecule has 2 heterocycles. The number of nitrogens with one attached hydrogen (secondary N) is 4. The third-order valence-corrected chi connectivity index (χ3v) is 8.06. The minimum absolute atomic E-state index is 0.106. The maximum atomic E-state index is 13.9. The Labute approximate surface area is 282 Å². The summed E-state index contributed by atoms with van der Waals surface area (Å²) in [4.78, 5) is 46.0. The second kappa shape index (κ2) is 14.2. The van der Waals surface area contributed by atoms with E-state index in [1.165, 1.54) is 12.3 Å². The first kappa shape index (κ1) is 33.2. The third-order valence-electron chi connectivity index (χ3n) is 7.75. The van der Waals surface area contributed by atoms with Crippen molar-refractivity contribution >= 4 is 52.2 Å². The molecule has 0 bridgehead atoms. The van der Waals surface area contributed by atoms with E-state index in [0.717, 1.165) is 25.0 Å². The third kappa shape index (κ3) is 8.04. The van der Waals surface area contributed by atoms with Crippen LogP contribution in [0.2, 0.25) is 5.02 Å². The van der Waals surface area contributed by atoms with Gasteiger partial charge in [-0.3, -0.25) is 14.6 Å². The largest absolute Gasteiger partial charge is 0.418 e. The Morgan fingerprint density at radius 1 is 0.837 bits per heavy atom. The van der Waals surface area contributed by atoms with Crippen molar-refractivity contribution in [2.24, 2.45) is 5.92 Å². The summed E-state index contributed by atoms with van der Waals surface area (Å²) in [5.74, 6) is -0.843. The highest BCUT2D eigenvalue weighted by atomic mass is 35.5. The van der Waals surface area contributed by atoms with Crippen molar-refractivity contribution in [1.29, 1.82) is 0 Å². The summed E-state index contributed by atoms with van der Waals surface area (Å²) in [5, 5.41) is 14.4. The zero-order chi connectivity index (χ0) is 34.5. The first-order valence-corrected chi connectivity index (χ1v) is 15.5. The molecule has 250 valence electrons. The minimum Gasteiger partial charge on any atom is -0.334 e. The van der Waals surface area contributed by atoms with Crippen molar-refractivity contribution in [3.05, 3.63) is 101 Å². The normalized spacial score (nSPS) is 13.1. The lowest BCUT2D eigenvalue weighted by molar-refractivity contribution is -0.137. The predicted molar refractivity (Wildman–Crippen MR) is 177 cm³/mol. The number of carbonyl (C=O) groups excluding carboxylic acids is 3. The molecule has 4 N–H and O–H groups in total. The van der Waals surface area contributed by atoms with Gasteiger partial charge in [0.15, 0.2) is 0 Å². The van der Waals surface area contributed by atoms with Gasteiger partial charge >= 0.3 is 12.2 Å². The highest BCUT2D eigenvalue weighted by molar-refractivity contribution is 6.33. The standard InChI is InChI=1S/C34H27ClF3N7O4/c35-27-17-24(40-31(47)21-8-4-14-39-18-21)10-12-25(27)29-44-32(49-45-29)20-7-3-9-22(15-20)41-33(48)42-23-11-13-28(26(16-23)34(36,37)38)43-30(46)19-5-1-2-6-19/h3-4,7-19H,1-2,5-6H2,(H,40,47)(H,43,46)(H2,41,42,48). The number of hydrogen-bond acceptors (Lipinski definition) is 7. The Morgan fingerprint density at radius 3 is 2.29 bits per heavy atom. The van der Waals surface area contributed by atoms with Crippen LogP contribution in [0.3, 0.4) is 0 Å². The highest BCUT2D eigenvalue weighted by Gasteiger charge is 2.35. The number of urea groups is 1. The zero-order valence-electron chi connectivity index (χ0n) is 25.5. The number of amides is 4. The molecule has 1 aliphatic rings. The molecule has 15 heteroatoms. The molecular formula is C34H27ClF3N7O4. The first-order valence-electron chi connectivity index (χ1n) is 15.1. The molecule has 0 atom stereocenters. The summed E-state index contributed by atoms with van der Waals surface area (Å²) in [6.07, 6.45) is 1.23. The van der Waals surface area contributed by atoms with Crippen LogP contribution in [0, 0.1) is 5.92 Å². The second-order valence-electron chi connectivity index (χ2n) is 11.2. The number of aromatic nitrogens is 3. The predicted octanol–water partition coefficient (Wildman–Crippen LogP) is 8.50. The first-order chi connectivity index (χ1) is 23.5. The lowest BCUT2D eigenvalue weighted by Gasteiger charge is -2.17. The van der Waals surface area contributed by atoms with Crippen LogP contribution in [-0.2, 0) is 11.0 Å². The maximum absolute atomic E-state index is 13.9. The van der Waals surface area contributed by atoms with Gasteiger partial charge in [-0.1, -0.05) is 35.7 Å². The van der Waals surface area contributed by atoms with Gasteiger partial charge in [-0.05, 0) is 79.6 Å². The molecular weight excluding hydrogens is 663 g/mol. The highest BCUT2D eigenvalue weighted by Crippen LogP contribution is 2.38. The van der Waals surface area contributed by atoms with Crippen molar-refractivity contribution < 1.29 is 32.1 Å². The quantitative estimate of drug-likeness (QED) is 0.128. The summed E-state index contributed by atoms with van der Waals surface area (Å²) in [5.41, 5.74) is 0.424. The molecule has 6 rings (SSSR count).